The van der Waals surface area contributed by atoms with Crippen LogP contribution in [0.15, 0.2) is 63.2 Å². The van der Waals surface area contributed by atoms with Crippen LogP contribution in [0.5, 0.6) is 0 Å². The van der Waals surface area contributed by atoms with Crippen LogP contribution in [0.2, 0.25) is 0 Å². The maximum atomic E-state index is 13.3. The van der Waals surface area contributed by atoms with Gasteiger partial charge in [0.2, 0.25) is 5.89 Å². The number of aliphatic hydroxyl groups excluding tert-OH is 1. The molecule has 0 aliphatic heterocycles. The van der Waals surface area contributed by atoms with Gasteiger partial charge in [0.15, 0.2) is 5.58 Å². The van der Waals surface area contributed by atoms with E-state index in [2.05, 4.69) is 32.8 Å². The van der Waals surface area contributed by atoms with Crippen molar-refractivity contribution in [2.45, 2.75) is 57.8 Å². The molecular weight excluding hydrogens is 470 g/mol. The normalized spacial score (nSPS) is 15.4. The molecule has 2 aromatic heterocycles. The van der Waals surface area contributed by atoms with Gasteiger partial charge in [-0.05, 0) is 48.4 Å². The maximum Gasteiger partial charge on any atom is 0.265 e. The number of amidine groups is 1. The molecule has 1 atom stereocenters. The van der Waals surface area contributed by atoms with Gasteiger partial charge in [-0.15, -0.1) is 10.2 Å². The summed E-state index contributed by atoms with van der Waals surface area (Å²) in [7, 11) is 0. The molecule has 2 aromatic carbocycles. The van der Waals surface area contributed by atoms with Crippen LogP contribution in [0.25, 0.3) is 16.5 Å². The lowest BCUT2D eigenvalue weighted by Gasteiger charge is -2.14. The summed E-state index contributed by atoms with van der Waals surface area (Å²) >= 11 is 0. The minimum Gasteiger partial charge on any atom is -0.511 e. The first-order valence-corrected chi connectivity index (χ1v) is 12.6. The molecule has 0 spiro atoms. The third-order valence-corrected chi connectivity index (χ3v) is 6.71. The highest BCUT2D eigenvalue weighted by molar-refractivity contribution is 6.23. The van der Waals surface area contributed by atoms with Gasteiger partial charge < -0.3 is 19.4 Å². The Hall–Kier alpha value is -4.27. The van der Waals surface area contributed by atoms with Crippen LogP contribution in [0.3, 0.4) is 0 Å². The highest BCUT2D eigenvalue weighted by Gasteiger charge is 2.29. The molecule has 0 saturated heterocycles. The molecule has 3 N–H and O–H groups in total. The SMILES string of the molecule is CCCCC(=N)NC(=O)C(=C(O)C[C@H]1CCc2ccccc21)c1nnc(Cc2noc3ccccc23)o1. The Morgan fingerprint density at radius 1 is 1.16 bits per heavy atom. The lowest BCUT2D eigenvalue weighted by atomic mass is 9.95. The number of nitrogens with zero attached hydrogens (tertiary/aromatic N) is 3. The fourth-order valence-corrected chi connectivity index (χ4v) is 4.79. The summed E-state index contributed by atoms with van der Waals surface area (Å²) in [6, 6.07) is 15.6. The van der Waals surface area contributed by atoms with E-state index in [1.54, 1.807) is 0 Å². The van der Waals surface area contributed by atoms with Crippen molar-refractivity contribution in [3.05, 3.63) is 82.9 Å². The van der Waals surface area contributed by atoms with E-state index in [0.717, 1.165) is 31.1 Å². The van der Waals surface area contributed by atoms with Crippen LogP contribution in [0.1, 0.15) is 73.5 Å². The Balaban J connectivity index is 1.43. The first-order chi connectivity index (χ1) is 18.0. The Bertz CT molecular complexity index is 1470. The number of hydrogen-bond acceptors (Lipinski definition) is 8. The highest BCUT2D eigenvalue weighted by atomic mass is 16.5. The number of carbonyl (C=O) groups excluding carboxylic acids is 1. The maximum absolute atomic E-state index is 13.3. The van der Waals surface area contributed by atoms with Gasteiger partial charge >= 0.3 is 0 Å². The van der Waals surface area contributed by atoms with Crippen molar-refractivity contribution in [2.75, 3.05) is 0 Å². The molecule has 0 fully saturated rings. The van der Waals surface area contributed by atoms with E-state index in [0.29, 0.717) is 17.7 Å². The Labute approximate surface area is 214 Å². The van der Waals surface area contributed by atoms with Crippen LogP contribution in [0.4, 0.5) is 0 Å². The minimum absolute atomic E-state index is 0.0717. The van der Waals surface area contributed by atoms with Crippen LogP contribution < -0.4 is 5.32 Å². The number of carbonyl (C=O) groups is 1. The molecule has 5 rings (SSSR count). The fourth-order valence-electron chi connectivity index (χ4n) is 4.79. The second kappa shape index (κ2) is 10.8. The summed E-state index contributed by atoms with van der Waals surface area (Å²) in [5.74, 6) is -0.469. The number of aryl methyl sites for hydroxylation is 1. The van der Waals surface area contributed by atoms with Gasteiger partial charge in [0.25, 0.3) is 11.8 Å². The zero-order valence-electron chi connectivity index (χ0n) is 20.7. The number of allylic oxidation sites excluding steroid dienone is 1. The first-order valence-electron chi connectivity index (χ1n) is 12.6. The van der Waals surface area contributed by atoms with Crippen molar-refractivity contribution < 1.29 is 18.8 Å². The molecule has 37 heavy (non-hydrogen) atoms. The molecule has 1 amide bonds. The summed E-state index contributed by atoms with van der Waals surface area (Å²) in [6.07, 6.45) is 4.37. The number of benzene rings is 2. The van der Waals surface area contributed by atoms with Gasteiger partial charge in [-0.2, -0.15) is 0 Å². The number of amides is 1. The minimum atomic E-state index is -0.632. The lowest BCUT2D eigenvalue weighted by molar-refractivity contribution is -0.114. The first kappa shape index (κ1) is 24.4. The lowest BCUT2D eigenvalue weighted by Crippen LogP contribution is -2.31. The number of aliphatic hydroxyl groups is 1. The summed E-state index contributed by atoms with van der Waals surface area (Å²) < 4.78 is 11.2. The fraction of sp³-hybridized carbons (Fsp3) is 0.321. The molecule has 2 heterocycles. The van der Waals surface area contributed by atoms with Gasteiger partial charge in [-0.1, -0.05) is 54.9 Å². The van der Waals surface area contributed by atoms with Crippen molar-refractivity contribution >= 4 is 28.3 Å². The Morgan fingerprint density at radius 3 is 2.84 bits per heavy atom. The van der Waals surface area contributed by atoms with Crippen molar-refractivity contribution in [1.82, 2.24) is 20.7 Å². The molecule has 9 heteroatoms. The van der Waals surface area contributed by atoms with Crippen molar-refractivity contribution in [3.63, 3.8) is 0 Å². The number of fused-ring (bicyclic) bond motifs is 2. The summed E-state index contributed by atoms with van der Waals surface area (Å²) in [6.45, 7) is 2.02. The standard InChI is InChI=1S/C28H29N5O4/c1-2-3-12-24(29)30-27(35)26(22(34)15-18-14-13-17-8-4-5-9-19(17)18)28-32-31-25(36-28)16-21-20-10-6-7-11-23(20)37-33-21/h4-11,18,34H,2-3,12-16H2,1H3,(H2,29,30,35)/t18-/m1/s1. The van der Waals surface area contributed by atoms with E-state index in [9.17, 15) is 9.90 Å². The molecule has 4 aromatic rings. The van der Waals surface area contributed by atoms with Crippen molar-refractivity contribution in [2.24, 2.45) is 0 Å². The van der Waals surface area contributed by atoms with Gasteiger partial charge in [0.1, 0.15) is 22.9 Å². The Kier molecular flexibility index (Phi) is 7.11. The van der Waals surface area contributed by atoms with Crippen LogP contribution >= 0.6 is 0 Å². The van der Waals surface area contributed by atoms with Gasteiger partial charge in [-0.25, -0.2) is 0 Å². The number of nitrogens with one attached hydrogen (secondary N) is 2. The molecule has 0 saturated carbocycles. The van der Waals surface area contributed by atoms with E-state index in [1.165, 1.54) is 11.1 Å². The number of hydrogen-bond donors (Lipinski definition) is 3. The quantitative estimate of drug-likeness (QED) is 0.120. The van der Waals surface area contributed by atoms with Crippen molar-refractivity contribution in [3.8, 4) is 0 Å². The molecule has 0 radical (unpaired) electrons. The largest absolute Gasteiger partial charge is 0.511 e. The van der Waals surface area contributed by atoms with E-state index < -0.39 is 5.91 Å². The molecule has 190 valence electrons. The summed E-state index contributed by atoms with van der Waals surface area (Å²) in [5.41, 5.74) is 3.61. The molecule has 0 unspecified atom stereocenters. The van der Waals surface area contributed by atoms with Gasteiger partial charge in [0, 0.05) is 18.2 Å². The average molecular weight is 500 g/mol. The van der Waals surface area contributed by atoms with E-state index >= 15 is 0 Å². The van der Waals surface area contributed by atoms with Crippen LogP contribution in [0, 0.1) is 5.41 Å². The number of unbranched alkanes of at least 4 members (excludes halogenated alkanes) is 1. The number of aromatic nitrogens is 3. The smallest absolute Gasteiger partial charge is 0.265 e. The molecule has 1 aliphatic carbocycles. The summed E-state index contributed by atoms with van der Waals surface area (Å²) in [4.78, 5) is 13.3. The molecule has 9 nitrogen and oxygen atoms in total. The summed E-state index contributed by atoms with van der Waals surface area (Å²) in [5, 5.41) is 35.1. The molecule has 0 bridgehead atoms. The van der Waals surface area contributed by atoms with Crippen LogP contribution in [-0.4, -0.2) is 32.2 Å². The zero-order valence-corrected chi connectivity index (χ0v) is 20.7. The molecular formula is C28H29N5O4. The predicted octanol–water partition coefficient (Wildman–Crippen LogP) is 5.47. The monoisotopic (exact) mass is 499 g/mol. The third-order valence-electron chi connectivity index (χ3n) is 6.71. The van der Waals surface area contributed by atoms with E-state index in [-0.39, 0.29) is 47.7 Å². The van der Waals surface area contributed by atoms with Gasteiger partial charge in [0.05, 0.1) is 6.42 Å². The molecule has 1 aliphatic rings. The number of para-hydroxylation sites is 1. The zero-order chi connectivity index (χ0) is 25.8. The van der Waals surface area contributed by atoms with E-state index in [1.807, 2.05) is 43.3 Å². The third kappa shape index (κ3) is 5.30. The topological polar surface area (TPSA) is 138 Å². The van der Waals surface area contributed by atoms with E-state index in [4.69, 9.17) is 14.3 Å². The highest BCUT2D eigenvalue weighted by Crippen LogP contribution is 2.38. The van der Waals surface area contributed by atoms with Gasteiger partial charge in [-0.3, -0.25) is 10.2 Å². The second-order valence-electron chi connectivity index (χ2n) is 9.30. The Morgan fingerprint density at radius 2 is 1.97 bits per heavy atom. The second-order valence-corrected chi connectivity index (χ2v) is 9.30. The van der Waals surface area contributed by atoms with Crippen molar-refractivity contribution in [1.29, 1.82) is 5.41 Å². The number of rotatable bonds is 9. The van der Waals surface area contributed by atoms with Crippen LogP contribution in [-0.2, 0) is 17.6 Å². The predicted molar refractivity (Wildman–Crippen MR) is 138 cm³/mol. The average Bonchev–Trinajstić information content (AvgIpc) is 3.63.